The van der Waals surface area contributed by atoms with Crippen molar-refractivity contribution in [3.8, 4) is 0 Å². The fourth-order valence-electron chi connectivity index (χ4n) is 1.82. The Morgan fingerprint density at radius 2 is 2.44 bits per heavy atom. The predicted octanol–water partition coefficient (Wildman–Crippen LogP) is 0.684. The van der Waals surface area contributed by atoms with Crippen LogP contribution in [0.1, 0.15) is 18.2 Å². The molecule has 5 heteroatoms. The topological polar surface area (TPSA) is 58.2 Å². The second-order valence-corrected chi connectivity index (χ2v) is 5.05. The van der Waals surface area contributed by atoms with Gasteiger partial charge in [0.05, 0.1) is 12.5 Å². The number of nitrogens with one attached hydrogen (secondary N) is 2. The zero-order chi connectivity index (χ0) is 11.5. The molecule has 1 saturated heterocycles. The molecule has 4 nitrogen and oxygen atoms in total. The zero-order valence-corrected chi connectivity index (χ0v) is 9.84. The van der Waals surface area contributed by atoms with Crippen molar-refractivity contribution in [3.63, 3.8) is 0 Å². The van der Waals surface area contributed by atoms with Crippen LogP contribution < -0.4 is 10.6 Å². The van der Waals surface area contributed by atoms with Gasteiger partial charge in [-0.3, -0.25) is 14.9 Å². The molecule has 2 unspecified atom stereocenters. The van der Waals surface area contributed by atoms with Crippen molar-refractivity contribution in [2.45, 2.75) is 31.8 Å². The van der Waals surface area contributed by atoms with Crippen LogP contribution in [0.2, 0.25) is 0 Å². The van der Waals surface area contributed by atoms with E-state index in [0.717, 1.165) is 6.42 Å². The van der Waals surface area contributed by atoms with Crippen molar-refractivity contribution in [3.05, 3.63) is 22.4 Å². The maximum Gasteiger partial charge on any atom is 0.244 e. The third kappa shape index (κ3) is 2.68. The Bertz CT molecular complexity index is 389. The van der Waals surface area contributed by atoms with Gasteiger partial charge in [-0.2, -0.15) is 0 Å². The van der Waals surface area contributed by atoms with Crippen LogP contribution in [0.3, 0.4) is 0 Å². The highest BCUT2D eigenvalue weighted by Crippen LogP contribution is 2.12. The Balaban J connectivity index is 1.85. The number of imide groups is 1. The lowest BCUT2D eigenvalue weighted by atomic mass is 10.1. The van der Waals surface area contributed by atoms with Gasteiger partial charge in [0, 0.05) is 10.9 Å². The predicted molar refractivity (Wildman–Crippen MR) is 62.2 cm³/mol. The molecule has 0 aliphatic carbocycles. The van der Waals surface area contributed by atoms with E-state index in [0.29, 0.717) is 0 Å². The number of hydrogen-bond donors (Lipinski definition) is 2. The molecule has 1 aromatic heterocycles. The molecule has 0 spiro atoms. The van der Waals surface area contributed by atoms with Gasteiger partial charge in [0.25, 0.3) is 0 Å². The minimum atomic E-state index is -0.359. The van der Waals surface area contributed by atoms with Gasteiger partial charge in [-0.1, -0.05) is 6.07 Å². The Hall–Kier alpha value is -1.20. The molecule has 0 saturated carbocycles. The van der Waals surface area contributed by atoms with Crippen molar-refractivity contribution >= 4 is 23.2 Å². The first-order chi connectivity index (χ1) is 7.65. The van der Waals surface area contributed by atoms with Crippen molar-refractivity contribution < 1.29 is 9.59 Å². The first kappa shape index (κ1) is 11.3. The summed E-state index contributed by atoms with van der Waals surface area (Å²) >= 11 is 1.70. The fraction of sp³-hybridized carbons (Fsp3) is 0.455. The summed E-state index contributed by atoms with van der Waals surface area (Å²) < 4.78 is 0. The van der Waals surface area contributed by atoms with Crippen LogP contribution in [0.4, 0.5) is 0 Å². The second kappa shape index (κ2) is 4.76. The molecule has 1 fully saturated rings. The summed E-state index contributed by atoms with van der Waals surface area (Å²) in [4.78, 5) is 23.6. The van der Waals surface area contributed by atoms with Gasteiger partial charge in [0.15, 0.2) is 0 Å². The van der Waals surface area contributed by atoms with Crippen LogP contribution in [0.5, 0.6) is 0 Å². The molecule has 0 radical (unpaired) electrons. The van der Waals surface area contributed by atoms with Crippen LogP contribution in [0.25, 0.3) is 0 Å². The van der Waals surface area contributed by atoms with E-state index in [9.17, 15) is 9.59 Å². The van der Waals surface area contributed by atoms with Crippen molar-refractivity contribution in [2.24, 2.45) is 0 Å². The molecule has 1 aliphatic heterocycles. The molecule has 2 N–H and O–H groups in total. The highest BCUT2D eigenvalue weighted by Gasteiger charge is 2.31. The van der Waals surface area contributed by atoms with Crippen LogP contribution in [0.15, 0.2) is 17.5 Å². The molecule has 2 heterocycles. The number of thiophene rings is 1. The lowest BCUT2D eigenvalue weighted by Crippen LogP contribution is -2.42. The third-order valence-corrected chi connectivity index (χ3v) is 3.44. The van der Waals surface area contributed by atoms with Gasteiger partial charge in [-0.15, -0.1) is 11.3 Å². The number of carbonyl (C=O) groups excluding carboxylic acids is 2. The molecule has 0 aromatic carbocycles. The summed E-state index contributed by atoms with van der Waals surface area (Å²) in [5, 5.41) is 7.50. The van der Waals surface area contributed by atoms with Gasteiger partial charge >= 0.3 is 0 Å². The van der Waals surface area contributed by atoms with E-state index in [-0.39, 0.29) is 30.3 Å². The maximum absolute atomic E-state index is 11.3. The van der Waals surface area contributed by atoms with Gasteiger partial charge in [-0.05, 0) is 24.8 Å². The molecule has 1 aliphatic rings. The highest BCUT2D eigenvalue weighted by molar-refractivity contribution is 7.09. The lowest BCUT2D eigenvalue weighted by Gasteiger charge is -2.16. The van der Waals surface area contributed by atoms with E-state index >= 15 is 0 Å². The van der Waals surface area contributed by atoms with Gasteiger partial charge in [-0.25, -0.2) is 0 Å². The van der Waals surface area contributed by atoms with E-state index in [2.05, 4.69) is 16.7 Å². The van der Waals surface area contributed by atoms with Crippen LogP contribution >= 0.6 is 11.3 Å². The lowest BCUT2D eigenvalue weighted by molar-refractivity contribution is -0.125. The number of hydrogen-bond acceptors (Lipinski definition) is 4. The fourth-order valence-corrected chi connectivity index (χ4v) is 2.66. The monoisotopic (exact) mass is 238 g/mol. The van der Waals surface area contributed by atoms with Crippen molar-refractivity contribution in [1.82, 2.24) is 10.6 Å². The molecule has 16 heavy (non-hydrogen) atoms. The molecule has 2 rings (SSSR count). The summed E-state index contributed by atoms with van der Waals surface area (Å²) in [5.41, 5.74) is 0. The smallest absolute Gasteiger partial charge is 0.244 e. The molecule has 1 aromatic rings. The minimum Gasteiger partial charge on any atom is -0.303 e. The van der Waals surface area contributed by atoms with E-state index in [1.807, 2.05) is 18.4 Å². The summed E-state index contributed by atoms with van der Waals surface area (Å²) in [7, 11) is 0. The first-order valence-corrected chi connectivity index (χ1v) is 6.15. The van der Waals surface area contributed by atoms with Crippen LogP contribution in [-0.2, 0) is 16.0 Å². The Labute approximate surface area is 98.0 Å². The van der Waals surface area contributed by atoms with E-state index in [4.69, 9.17) is 0 Å². The summed E-state index contributed by atoms with van der Waals surface area (Å²) in [6.07, 6.45) is 1.14. The van der Waals surface area contributed by atoms with Gasteiger partial charge < -0.3 is 5.32 Å². The van der Waals surface area contributed by atoms with E-state index < -0.39 is 0 Å². The zero-order valence-electron chi connectivity index (χ0n) is 9.03. The summed E-state index contributed by atoms with van der Waals surface area (Å²) in [6.45, 7) is 2.02. The molecule has 2 amide bonds. The first-order valence-electron chi connectivity index (χ1n) is 5.27. The van der Waals surface area contributed by atoms with Gasteiger partial charge in [0.2, 0.25) is 11.8 Å². The second-order valence-electron chi connectivity index (χ2n) is 4.02. The molecular formula is C11H14N2O2S. The third-order valence-electron chi connectivity index (χ3n) is 2.54. The van der Waals surface area contributed by atoms with Crippen molar-refractivity contribution in [2.75, 3.05) is 0 Å². The molecule has 0 bridgehead atoms. The maximum atomic E-state index is 11.3. The quantitative estimate of drug-likeness (QED) is 0.759. The average Bonchev–Trinajstić information content (AvgIpc) is 2.78. The van der Waals surface area contributed by atoms with Crippen LogP contribution in [-0.4, -0.2) is 23.9 Å². The normalized spacial score (nSPS) is 22.2. The van der Waals surface area contributed by atoms with Gasteiger partial charge in [0.1, 0.15) is 0 Å². The largest absolute Gasteiger partial charge is 0.303 e. The van der Waals surface area contributed by atoms with E-state index in [1.54, 1.807) is 11.3 Å². The Morgan fingerprint density at radius 3 is 3.00 bits per heavy atom. The molecule has 86 valence electrons. The minimum absolute atomic E-state index is 0.189. The average molecular weight is 238 g/mol. The Morgan fingerprint density at radius 1 is 1.62 bits per heavy atom. The molecular weight excluding hydrogens is 224 g/mol. The summed E-state index contributed by atoms with van der Waals surface area (Å²) in [5.74, 6) is -0.395. The van der Waals surface area contributed by atoms with Crippen molar-refractivity contribution in [1.29, 1.82) is 0 Å². The standard InChI is InChI=1S/C11H14N2O2S/c1-7(5-8-3-2-4-16-8)12-9-6-10(14)13-11(9)15/h2-4,7,9,12H,5-6H2,1H3,(H,13,14,15). The number of amides is 2. The SMILES string of the molecule is CC(Cc1cccs1)NC1CC(=O)NC1=O. The number of rotatable bonds is 4. The Kier molecular flexibility index (Phi) is 3.36. The van der Waals surface area contributed by atoms with Crippen LogP contribution in [0, 0.1) is 0 Å². The highest BCUT2D eigenvalue weighted by atomic mass is 32.1. The summed E-state index contributed by atoms with van der Waals surface area (Å²) in [6, 6.07) is 3.92. The van der Waals surface area contributed by atoms with E-state index in [1.165, 1.54) is 4.88 Å². The molecule has 2 atom stereocenters. The number of carbonyl (C=O) groups is 2.